The van der Waals surface area contributed by atoms with E-state index in [1.807, 2.05) is 38.1 Å². The minimum absolute atomic E-state index is 0.131. The molecule has 3 nitrogen and oxygen atoms in total. The average Bonchev–Trinajstić information content (AvgIpc) is 2.26. The Morgan fingerprint density at radius 1 is 1.33 bits per heavy atom. The number of nitrogens with two attached hydrogens (primary N) is 1. The molecule has 0 aliphatic rings. The number of aldehydes is 1. The largest absolute Gasteiger partial charge is 0.375 e. The van der Waals surface area contributed by atoms with Gasteiger partial charge in [-0.25, -0.2) is 0 Å². The lowest BCUT2D eigenvalue weighted by molar-refractivity contribution is -0.109. The summed E-state index contributed by atoms with van der Waals surface area (Å²) in [5, 5.41) is 3.17. The highest BCUT2D eigenvalue weighted by Gasteiger charge is 2.10. The lowest BCUT2D eigenvalue weighted by Crippen LogP contribution is -2.26. The van der Waals surface area contributed by atoms with Gasteiger partial charge in [0.15, 0.2) is 0 Å². The Morgan fingerprint density at radius 2 is 1.93 bits per heavy atom. The van der Waals surface area contributed by atoms with Gasteiger partial charge in [0.05, 0.1) is 6.04 Å². The molecular weight excluding hydrogens is 188 g/mol. The molecule has 0 saturated heterocycles. The SMILES string of the molecule is CC(C)[C@H](C=O)Nc1ccc(CN)cc1. The summed E-state index contributed by atoms with van der Waals surface area (Å²) in [6, 6.07) is 7.69. The number of nitrogens with one attached hydrogen (secondary N) is 1. The van der Waals surface area contributed by atoms with Crippen LogP contribution in [0.5, 0.6) is 0 Å². The summed E-state index contributed by atoms with van der Waals surface area (Å²) in [6.45, 7) is 4.57. The molecule has 0 aromatic heterocycles. The number of carbonyl (C=O) groups excluding carboxylic acids is 1. The maximum absolute atomic E-state index is 10.8. The molecule has 0 aliphatic heterocycles. The molecule has 0 radical (unpaired) electrons. The topological polar surface area (TPSA) is 55.1 Å². The third-order valence-electron chi connectivity index (χ3n) is 2.39. The van der Waals surface area contributed by atoms with Crippen molar-refractivity contribution in [1.82, 2.24) is 0 Å². The Kier molecular flexibility index (Phi) is 4.31. The summed E-state index contributed by atoms with van der Waals surface area (Å²) < 4.78 is 0. The monoisotopic (exact) mass is 206 g/mol. The van der Waals surface area contributed by atoms with Crippen molar-refractivity contribution in [1.29, 1.82) is 0 Å². The quantitative estimate of drug-likeness (QED) is 0.722. The molecule has 0 fully saturated rings. The summed E-state index contributed by atoms with van der Waals surface area (Å²) in [5.41, 5.74) is 7.55. The standard InChI is InChI=1S/C12H18N2O/c1-9(2)12(8-15)14-11-5-3-10(7-13)4-6-11/h3-6,8-9,12,14H,7,13H2,1-2H3/t12-/m0/s1. The Hall–Kier alpha value is -1.35. The van der Waals surface area contributed by atoms with Crippen LogP contribution in [0.15, 0.2) is 24.3 Å². The van der Waals surface area contributed by atoms with Crippen molar-refractivity contribution >= 4 is 12.0 Å². The molecule has 3 N–H and O–H groups in total. The maximum Gasteiger partial charge on any atom is 0.142 e. The van der Waals surface area contributed by atoms with E-state index in [2.05, 4.69) is 5.32 Å². The van der Waals surface area contributed by atoms with Crippen LogP contribution in [0.25, 0.3) is 0 Å². The molecule has 0 unspecified atom stereocenters. The van der Waals surface area contributed by atoms with Crippen molar-refractivity contribution in [3.8, 4) is 0 Å². The van der Waals surface area contributed by atoms with E-state index >= 15 is 0 Å². The molecule has 0 amide bonds. The second-order valence-electron chi connectivity index (χ2n) is 3.95. The zero-order chi connectivity index (χ0) is 11.3. The van der Waals surface area contributed by atoms with Gasteiger partial charge in [0.1, 0.15) is 6.29 Å². The Balaban J connectivity index is 2.67. The second kappa shape index (κ2) is 5.51. The smallest absolute Gasteiger partial charge is 0.142 e. The van der Waals surface area contributed by atoms with Crippen LogP contribution in [0.1, 0.15) is 19.4 Å². The Bertz CT molecular complexity index is 306. The molecule has 0 bridgehead atoms. The molecule has 3 heteroatoms. The van der Waals surface area contributed by atoms with E-state index in [1.165, 1.54) is 0 Å². The molecule has 0 saturated carbocycles. The molecule has 82 valence electrons. The normalized spacial score (nSPS) is 12.5. The molecule has 0 aliphatic carbocycles. The summed E-state index contributed by atoms with van der Waals surface area (Å²) in [5.74, 6) is 0.289. The van der Waals surface area contributed by atoms with Crippen LogP contribution < -0.4 is 11.1 Å². The van der Waals surface area contributed by atoms with Crippen LogP contribution in [0.3, 0.4) is 0 Å². The van der Waals surface area contributed by atoms with E-state index in [9.17, 15) is 4.79 Å². The van der Waals surface area contributed by atoms with Gasteiger partial charge in [-0.15, -0.1) is 0 Å². The van der Waals surface area contributed by atoms with E-state index < -0.39 is 0 Å². The predicted molar refractivity (Wildman–Crippen MR) is 62.6 cm³/mol. The zero-order valence-corrected chi connectivity index (χ0v) is 9.23. The summed E-state index contributed by atoms with van der Waals surface area (Å²) >= 11 is 0. The van der Waals surface area contributed by atoms with E-state index in [1.54, 1.807) is 0 Å². The Morgan fingerprint density at radius 3 is 2.33 bits per heavy atom. The molecule has 0 spiro atoms. The number of rotatable bonds is 5. The summed E-state index contributed by atoms with van der Waals surface area (Å²) in [4.78, 5) is 10.8. The van der Waals surface area contributed by atoms with Gasteiger partial charge in [-0.2, -0.15) is 0 Å². The van der Waals surface area contributed by atoms with Crippen LogP contribution in [0.2, 0.25) is 0 Å². The summed E-state index contributed by atoms with van der Waals surface area (Å²) in [7, 11) is 0. The van der Waals surface area contributed by atoms with Crippen molar-refractivity contribution in [3.05, 3.63) is 29.8 Å². The van der Waals surface area contributed by atoms with E-state index in [0.717, 1.165) is 17.5 Å². The number of hydrogen-bond donors (Lipinski definition) is 2. The van der Waals surface area contributed by atoms with Gasteiger partial charge in [-0.05, 0) is 23.6 Å². The minimum atomic E-state index is -0.131. The molecule has 1 aromatic carbocycles. The number of carbonyl (C=O) groups is 1. The lowest BCUT2D eigenvalue weighted by atomic mass is 10.1. The van der Waals surface area contributed by atoms with E-state index in [0.29, 0.717) is 6.54 Å². The van der Waals surface area contributed by atoms with Gasteiger partial charge < -0.3 is 15.8 Å². The first-order valence-corrected chi connectivity index (χ1v) is 5.18. The lowest BCUT2D eigenvalue weighted by Gasteiger charge is -2.17. The molecular formula is C12H18N2O. The van der Waals surface area contributed by atoms with Gasteiger partial charge >= 0.3 is 0 Å². The first-order chi connectivity index (χ1) is 7.17. The van der Waals surface area contributed by atoms with Crippen molar-refractivity contribution in [2.45, 2.75) is 26.4 Å². The number of benzene rings is 1. The second-order valence-corrected chi connectivity index (χ2v) is 3.95. The number of hydrogen-bond acceptors (Lipinski definition) is 3. The molecule has 1 aromatic rings. The van der Waals surface area contributed by atoms with Gasteiger partial charge in [0, 0.05) is 12.2 Å². The van der Waals surface area contributed by atoms with Gasteiger partial charge in [-0.3, -0.25) is 0 Å². The summed E-state index contributed by atoms with van der Waals surface area (Å²) in [6.07, 6.45) is 0.946. The minimum Gasteiger partial charge on any atom is -0.375 e. The highest BCUT2D eigenvalue weighted by atomic mass is 16.1. The van der Waals surface area contributed by atoms with Crippen molar-refractivity contribution in [3.63, 3.8) is 0 Å². The molecule has 1 atom stereocenters. The van der Waals surface area contributed by atoms with Crippen molar-refractivity contribution in [2.24, 2.45) is 11.7 Å². The van der Waals surface area contributed by atoms with Crippen LogP contribution in [0.4, 0.5) is 5.69 Å². The maximum atomic E-state index is 10.8. The van der Waals surface area contributed by atoms with E-state index in [-0.39, 0.29) is 12.0 Å². The first-order valence-electron chi connectivity index (χ1n) is 5.18. The van der Waals surface area contributed by atoms with Crippen LogP contribution in [-0.4, -0.2) is 12.3 Å². The fraction of sp³-hybridized carbons (Fsp3) is 0.417. The van der Waals surface area contributed by atoms with Crippen LogP contribution in [0, 0.1) is 5.92 Å². The van der Waals surface area contributed by atoms with Crippen molar-refractivity contribution in [2.75, 3.05) is 5.32 Å². The highest BCUT2D eigenvalue weighted by molar-refractivity contribution is 5.64. The number of anilines is 1. The predicted octanol–water partition coefficient (Wildman–Crippen LogP) is 1.78. The Labute approximate surface area is 90.7 Å². The fourth-order valence-electron chi connectivity index (χ4n) is 1.29. The third-order valence-corrected chi connectivity index (χ3v) is 2.39. The van der Waals surface area contributed by atoms with Crippen LogP contribution in [-0.2, 0) is 11.3 Å². The van der Waals surface area contributed by atoms with Gasteiger partial charge in [0.25, 0.3) is 0 Å². The fourth-order valence-corrected chi connectivity index (χ4v) is 1.29. The average molecular weight is 206 g/mol. The molecule has 0 heterocycles. The third kappa shape index (κ3) is 3.36. The molecule has 15 heavy (non-hydrogen) atoms. The van der Waals surface area contributed by atoms with E-state index in [4.69, 9.17) is 5.73 Å². The highest BCUT2D eigenvalue weighted by Crippen LogP contribution is 2.12. The zero-order valence-electron chi connectivity index (χ0n) is 9.23. The van der Waals surface area contributed by atoms with Gasteiger partial charge in [-0.1, -0.05) is 26.0 Å². The first kappa shape index (κ1) is 11.7. The molecule has 1 rings (SSSR count). The van der Waals surface area contributed by atoms with Gasteiger partial charge in [0.2, 0.25) is 0 Å². The van der Waals surface area contributed by atoms with Crippen LogP contribution >= 0.6 is 0 Å². The van der Waals surface area contributed by atoms with Crippen molar-refractivity contribution < 1.29 is 4.79 Å².